The molecule has 0 N–H and O–H groups in total. The van der Waals surface area contributed by atoms with E-state index in [0.717, 1.165) is 11.1 Å². The van der Waals surface area contributed by atoms with Crippen LogP contribution in [0, 0.1) is 0 Å². The lowest BCUT2D eigenvalue weighted by Crippen LogP contribution is -2.50. The summed E-state index contributed by atoms with van der Waals surface area (Å²) in [5, 5.41) is 0. The maximum Gasteiger partial charge on any atom is 0.411 e. The monoisotopic (exact) mass is 376 g/mol. The van der Waals surface area contributed by atoms with Crippen molar-refractivity contribution in [2.75, 3.05) is 25.7 Å². The third-order valence-electron chi connectivity index (χ3n) is 4.60. The Bertz CT molecular complexity index is 798. The van der Waals surface area contributed by atoms with Crippen molar-refractivity contribution in [3.63, 3.8) is 0 Å². The molecule has 2 aliphatic rings. The molecular formula is C19H24N2O6. The average molecular weight is 376 g/mol. The number of fused-ring (bicyclic) bond motifs is 2. The molecule has 8 nitrogen and oxygen atoms in total. The largest absolute Gasteiger partial charge is 0.482 e. The van der Waals surface area contributed by atoms with Crippen LogP contribution in [0.5, 0.6) is 5.75 Å². The molecule has 3 rings (SSSR count). The van der Waals surface area contributed by atoms with E-state index in [1.54, 1.807) is 27.8 Å². The van der Waals surface area contributed by atoms with Gasteiger partial charge in [0.05, 0.1) is 19.3 Å². The molecule has 1 unspecified atom stereocenters. The van der Waals surface area contributed by atoms with E-state index < -0.39 is 23.7 Å². The van der Waals surface area contributed by atoms with E-state index >= 15 is 0 Å². The summed E-state index contributed by atoms with van der Waals surface area (Å²) in [5.41, 5.74) is 1.69. The lowest BCUT2D eigenvalue weighted by Gasteiger charge is -2.37. The van der Waals surface area contributed by atoms with Gasteiger partial charge in [0, 0.05) is 13.5 Å². The van der Waals surface area contributed by atoms with E-state index in [0.29, 0.717) is 11.4 Å². The Morgan fingerprint density at radius 2 is 1.93 bits per heavy atom. The predicted octanol–water partition coefficient (Wildman–Crippen LogP) is 1.88. The van der Waals surface area contributed by atoms with Gasteiger partial charge in [-0.2, -0.15) is 0 Å². The number of methoxy groups -OCH3 is 1. The van der Waals surface area contributed by atoms with E-state index in [2.05, 4.69) is 0 Å². The third-order valence-corrected chi connectivity index (χ3v) is 4.60. The van der Waals surface area contributed by atoms with Gasteiger partial charge in [0.15, 0.2) is 6.61 Å². The van der Waals surface area contributed by atoms with Gasteiger partial charge < -0.3 is 19.1 Å². The second-order valence-electron chi connectivity index (χ2n) is 7.68. The Kier molecular flexibility index (Phi) is 4.75. The standard InChI is InChI=1S/C19H24N2O6/c1-19(2,3)27-18(24)21-9-12-8-15-13(20(4)16(22)10-26-15)6-11(12)7-14(21)17(23)25-5/h6,8,14H,7,9-10H2,1-5H3. The highest BCUT2D eigenvalue weighted by atomic mass is 16.6. The highest BCUT2D eigenvalue weighted by molar-refractivity contribution is 5.97. The molecule has 27 heavy (non-hydrogen) atoms. The van der Waals surface area contributed by atoms with Crippen LogP contribution >= 0.6 is 0 Å². The number of anilines is 1. The summed E-state index contributed by atoms with van der Waals surface area (Å²) in [6, 6.07) is 2.86. The van der Waals surface area contributed by atoms with Gasteiger partial charge in [-0.15, -0.1) is 0 Å². The third kappa shape index (κ3) is 3.70. The van der Waals surface area contributed by atoms with Gasteiger partial charge in [-0.1, -0.05) is 0 Å². The first-order chi connectivity index (χ1) is 12.6. The number of amides is 2. The van der Waals surface area contributed by atoms with Crippen molar-refractivity contribution in [3.8, 4) is 5.75 Å². The number of carbonyl (C=O) groups is 3. The molecule has 0 aromatic heterocycles. The minimum absolute atomic E-state index is 0.0249. The van der Waals surface area contributed by atoms with Crippen LogP contribution in [0.3, 0.4) is 0 Å². The summed E-state index contributed by atoms with van der Waals surface area (Å²) < 4.78 is 15.9. The second kappa shape index (κ2) is 6.75. The van der Waals surface area contributed by atoms with Crippen LogP contribution in [-0.2, 0) is 32.0 Å². The van der Waals surface area contributed by atoms with Gasteiger partial charge in [0.2, 0.25) is 0 Å². The fourth-order valence-corrected chi connectivity index (χ4v) is 3.21. The summed E-state index contributed by atoms with van der Waals surface area (Å²) in [7, 11) is 2.97. The molecule has 1 aromatic carbocycles. The Morgan fingerprint density at radius 1 is 1.22 bits per heavy atom. The van der Waals surface area contributed by atoms with E-state index in [4.69, 9.17) is 14.2 Å². The zero-order valence-corrected chi connectivity index (χ0v) is 16.2. The summed E-state index contributed by atoms with van der Waals surface area (Å²) in [5.74, 6) is -0.0698. The zero-order chi connectivity index (χ0) is 19.9. The van der Waals surface area contributed by atoms with E-state index in [1.807, 2.05) is 12.1 Å². The van der Waals surface area contributed by atoms with Crippen LogP contribution < -0.4 is 9.64 Å². The van der Waals surface area contributed by atoms with Crippen LogP contribution in [0.4, 0.5) is 10.5 Å². The van der Waals surface area contributed by atoms with Crippen LogP contribution in [0.25, 0.3) is 0 Å². The number of benzene rings is 1. The van der Waals surface area contributed by atoms with Crippen LogP contribution in [0.1, 0.15) is 31.9 Å². The molecule has 2 amide bonds. The second-order valence-corrected chi connectivity index (χ2v) is 7.68. The molecule has 2 aliphatic heterocycles. The summed E-state index contributed by atoms with van der Waals surface area (Å²) in [4.78, 5) is 39.7. The van der Waals surface area contributed by atoms with Crippen molar-refractivity contribution in [1.29, 1.82) is 0 Å². The number of carbonyl (C=O) groups excluding carboxylic acids is 3. The molecule has 0 spiro atoms. The summed E-state index contributed by atoms with van der Waals surface area (Å²) in [6.07, 6.45) is -0.300. The Hall–Kier alpha value is -2.77. The minimum atomic E-state index is -0.791. The first-order valence-corrected chi connectivity index (χ1v) is 8.73. The lowest BCUT2D eigenvalue weighted by atomic mass is 9.92. The molecule has 2 heterocycles. The Morgan fingerprint density at radius 3 is 2.56 bits per heavy atom. The molecule has 0 fully saturated rings. The number of ether oxygens (including phenoxy) is 3. The Labute approximate surface area is 158 Å². The molecule has 1 atom stereocenters. The van der Waals surface area contributed by atoms with Crippen molar-refractivity contribution in [3.05, 3.63) is 23.3 Å². The molecule has 0 bridgehead atoms. The van der Waals surface area contributed by atoms with Crippen molar-refractivity contribution < 1.29 is 28.6 Å². The number of hydrogen-bond donors (Lipinski definition) is 0. The lowest BCUT2D eigenvalue weighted by molar-refractivity contribution is -0.147. The number of nitrogens with zero attached hydrogens (tertiary/aromatic N) is 2. The molecule has 0 radical (unpaired) electrons. The van der Waals surface area contributed by atoms with Crippen LogP contribution in [0.2, 0.25) is 0 Å². The number of hydrogen-bond acceptors (Lipinski definition) is 6. The minimum Gasteiger partial charge on any atom is -0.482 e. The molecule has 0 saturated carbocycles. The normalized spacial score (nSPS) is 19.0. The number of rotatable bonds is 1. The van der Waals surface area contributed by atoms with E-state index in [1.165, 1.54) is 16.9 Å². The quantitative estimate of drug-likeness (QED) is 0.696. The van der Waals surface area contributed by atoms with Crippen molar-refractivity contribution in [1.82, 2.24) is 4.90 Å². The highest BCUT2D eigenvalue weighted by Gasteiger charge is 2.39. The van der Waals surface area contributed by atoms with Crippen LogP contribution in [-0.4, -0.2) is 55.3 Å². The molecule has 8 heteroatoms. The van der Waals surface area contributed by atoms with Crippen LogP contribution in [0.15, 0.2) is 12.1 Å². The fourth-order valence-electron chi connectivity index (χ4n) is 3.21. The van der Waals surface area contributed by atoms with Gasteiger partial charge >= 0.3 is 12.1 Å². The highest BCUT2D eigenvalue weighted by Crippen LogP contribution is 2.37. The van der Waals surface area contributed by atoms with Crippen molar-refractivity contribution in [2.45, 2.75) is 45.4 Å². The maximum atomic E-state index is 12.6. The van der Waals surface area contributed by atoms with Gasteiger partial charge in [-0.05, 0) is 44.0 Å². The summed E-state index contributed by atoms with van der Waals surface area (Å²) >= 11 is 0. The molecular weight excluding hydrogens is 352 g/mol. The number of likely N-dealkylation sites (N-methyl/N-ethyl adjacent to an activating group) is 1. The SMILES string of the molecule is COC(=O)C1Cc2cc3c(cc2CN1C(=O)OC(C)(C)C)OCC(=O)N3C. The van der Waals surface area contributed by atoms with Crippen molar-refractivity contribution in [2.24, 2.45) is 0 Å². The topological polar surface area (TPSA) is 85.4 Å². The fraction of sp³-hybridized carbons (Fsp3) is 0.526. The van der Waals surface area contributed by atoms with Gasteiger partial charge in [-0.3, -0.25) is 9.69 Å². The summed E-state index contributed by atoms with van der Waals surface area (Å²) in [6.45, 7) is 5.48. The molecule has 146 valence electrons. The van der Waals surface area contributed by atoms with Gasteiger partial charge in [0.1, 0.15) is 17.4 Å². The molecule has 0 aliphatic carbocycles. The average Bonchev–Trinajstić information content (AvgIpc) is 2.60. The Balaban J connectivity index is 1.97. The first kappa shape index (κ1) is 19.0. The molecule has 0 saturated heterocycles. The first-order valence-electron chi connectivity index (χ1n) is 8.73. The molecule has 1 aromatic rings. The smallest absolute Gasteiger partial charge is 0.411 e. The number of esters is 1. The van der Waals surface area contributed by atoms with Gasteiger partial charge in [0.25, 0.3) is 5.91 Å². The predicted molar refractivity (Wildman–Crippen MR) is 96.6 cm³/mol. The van der Waals surface area contributed by atoms with Crippen molar-refractivity contribution >= 4 is 23.7 Å². The zero-order valence-electron chi connectivity index (χ0n) is 16.2. The van der Waals surface area contributed by atoms with E-state index in [9.17, 15) is 14.4 Å². The maximum absolute atomic E-state index is 12.6. The van der Waals surface area contributed by atoms with E-state index in [-0.39, 0.29) is 25.5 Å². The van der Waals surface area contributed by atoms with Gasteiger partial charge in [-0.25, -0.2) is 9.59 Å².